The SMILES string of the molecule is Fc1ccc(CNCc2cc(Cl)cs2)c(F)c1. The van der Waals surface area contributed by atoms with E-state index in [2.05, 4.69) is 5.32 Å². The highest BCUT2D eigenvalue weighted by Gasteiger charge is 2.03. The maximum absolute atomic E-state index is 13.3. The lowest BCUT2D eigenvalue weighted by Crippen LogP contribution is -2.12. The second-order valence-corrected chi connectivity index (χ2v) is 5.00. The molecule has 0 spiro atoms. The lowest BCUT2D eigenvalue weighted by Gasteiger charge is -2.04. The quantitative estimate of drug-likeness (QED) is 0.889. The molecule has 0 amide bonds. The highest BCUT2D eigenvalue weighted by Crippen LogP contribution is 2.19. The minimum atomic E-state index is -0.559. The molecule has 0 unspecified atom stereocenters. The van der Waals surface area contributed by atoms with Crippen molar-refractivity contribution in [3.8, 4) is 0 Å². The highest BCUT2D eigenvalue weighted by molar-refractivity contribution is 7.10. The Balaban J connectivity index is 1.90. The molecule has 0 bridgehead atoms. The molecular weight excluding hydrogens is 264 g/mol. The third-order valence-corrected chi connectivity index (χ3v) is 3.54. The predicted octanol–water partition coefficient (Wildman–Crippen LogP) is 3.97. The van der Waals surface area contributed by atoms with Crippen LogP contribution in [0.5, 0.6) is 0 Å². The highest BCUT2D eigenvalue weighted by atomic mass is 35.5. The maximum Gasteiger partial charge on any atom is 0.130 e. The number of halogens is 3. The Labute approximate surface area is 107 Å². The lowest BCUT2D eigenvalue weighted by molar-refractivity contribution is 0.560. The van der Waals surface area contributed by atoms with Gasteiger partial charge in [0.15, 0.2) is 0 Å². The Hall–Kier alpha value is -0.970. The number of hydrogen-bond acceptors (Lipinski definition) is 2. The van der Waals surface area contributed by atoms with Crippen LogP contribution in [0.25, 0.3) is 0 Å². The minimum absolute atomic E-state index is 0.363. The van der Waals surface area contributed by atoms with Crippen LogP contribution in [0.15, 0.2) is 29.6 Å². The first-order valence-corrected chi connectivity index (χ1v) is 6.28. The Kier molecular flexibility index (Phi) is 4.10. The molecule has 0 aliphatic carbocycles. The molecule has 0 radical (unpaired) electrons. The van der Waals surface area contributed by atoms with E-state index >= 15 is 0 Å². The summed E-state index contributed by atoms with van der Waals surface area (Å²) < 4.78 is 25.9. The summed E-state index contributed by atoms with van der Waals surface area (Å²) in [4.78, 5) is 1.08. The first kappa shape index (κ1) is 12.5. The molecule has 0 saturated heterocycles. The molecule has 0 atom stereocenters. The van der Waals surface area contributed by atoms with Crippen LogP contribution < -0.4 is 5.32 Å². The van der Waals surface area contributed by atoms with E-state index < -0.39 is 11.6 Å². The van der Waals surface area contributed by atoms with Crippen LogP contribution in [0.2, 0.25) is 5.02 Å². The average Bonchev–Trinajstić information content (AvgIpc) is 2.68. The molecule has 0 aliphatic rings. The van der Waals surface area contributed by atoms with Gasteiger partial charge in [-0.3, -0.25) is 0 Å². The summed E-state index contributed by atoms with van der Waals surface area (Å²) >= 11 is 7.32. The van der Waals surface area contributed by atoms with Gasteiger partial charge in [0.25, 0.3) is 0 Å². The minimum Gasteiger partial charge on any atom is -0.308 e. The van der Waals surface area contributed by atoms with Gasteiger partial charge in [0.05, 0.1) is 5.02 Å². The summed E-state index contributed by atoms with van der Waals surface area (Å²) in [5.41, 5.74) is 0.453. The zero-order valence-corrected chi connectivity index (χ0v) is 10.4. The van der Waals surface area contributed by atoms with Crippen LogP contribution in [0.1, 0.15) is 10.4 Å². The van der Waals surface area contributed by atoms with E-state index in [0.29, 0.717) is 23.7 Å². The summed E-state index contributed by atoms with van der Waals surface area (Å²) in [5, 5.41) is 5.63. The smallest absolute Gasteiger partial charge is 0.130 e. The van der Waals surface area contributed by atoms with Crippen molar-refractivity contribution in [1.82, 2.24) is 5.32 Å². The zero-order chi connectivity index (χ0) is 12.3. The molecule has 0 fully saturated rings. The number of nitrogens with one attached hydrogen (secondary N) is 1. The van der Waals surface area contributed by atoms with Crippen LogP contribution >= 0.6 is 22.9 Å². The molecule has 2 rings (SSSR count). The van der Waals surface area contributed by atoms with Gasteiger partial charge in [-0.25, -0.2) is 8.78 Å². The fourth-order valence-electron chi connectivity index (χ4n) is 1.43. The molecule has 2 aromatic rings. The van der Waals surface area contributed by atoms with Gasteiger partial charge in [-0.15, -0.1) is 11.3 Å². The van der Waals surface area contributed by atoms with Gasteiger partial charge in [0.2, 0.25) is 0 Å². The van der Waals surface area contributed by atoms with Crippen LogP contribution in [0.4, 0.5) is 8.78 Å². The predicted molar refractivity (Wildman–Crippen MR) is 66.2 cm³/mol. The summed E-state index contributed by atoms with van der Waals surface area (Å²) in [6, 6.07) is 5.44. The molecule has 17 heavy (non-hydrogen) atoms. The molecule has 1 aromatic heterocycles. The second-order valence-electron chi connectivity index (χ2n) is 3.57. The monoisotopic (exact) mass is 273 g/mol. The van der Waals surface area contributed by atoms with Gasteiger partial charge in [-0.2, -0.15) is 0 Å². The van der Waals surface area contributed by atoms with Gasteiger partial charge < -0.3 is 5.32 Å². The van der Waals surface area contributed by atoms with Crippen molar-refractivity contribution in [1.29, 1.82) is 0 Å². The first-order valence-electron chi connectivity index (χ1n) is 5.03. The fraction of sp³-hybridized carbons (Fsp3) is 0.167. The van der Waals surface area contributed by atoms with Crippen LogP contribution in [0.3, 0.4) is 0 Å². The molecule has 1 nitrogen and oxygen atoms in total. The molecule has 1 heterocycles. The Bertz CT molecular complexity index is 513. The van der Waals surface area contributed by atoms with Crippen molar-refractivity contribution >= 4 is 22.9 Å². The Morgan fingerprint density at radius 2 is 2.00 bits per heavy atom. The molecule has 0 saturated carbocycles. The standard InChI is InChI=1S/C12H10ClF2NS/c13-9-3-11(17-7-9)6-16-5-8-1-2-10(14)4-12(8)15/h1-4,7,16H,5-6H2. The Morgan fingerprint density at radius 1 is 1.18 bits per heavy atom. The van der Waals surface area contributed by atoms with Gasteiger partial charge >= 0.3 is 0 Å². The topological polar surface area (TPSA) is 12.0 Å². The third kappa shape index (κ3) is 3.49. The Morgan fingerprint density at radius 3 is 2.65 bits per heavy atom. The first-order chi connectivity index (χ1) is 8.15. The van der Waals surface area contributed by atoms with Gasteiger partial charge in [-0.05, 0) is 12.1 Å². The third-order valence-electron chi connectivity index (χ3n) is 2.25. The van der Waals surface area contributed by atoms with Crippen LogP contribution in [-0.4, -0.2) is 0 Å². The van der Waals surface area contributed by atoms with Crippen LogP contribution in [-0.2, 0) is 13.1 Å². The summed E-state index contributed by atoms with van der Waals surface area (Å²) in [5.74, 6) is -1.09. The number of thiophene rings is 1. The van der Waals surface area contributed by atoms with Crippen LogP contribution in [0, 0.1) is 11.6 Å². The molecule has 90 valence electrons. The van der Waals surface area contributed by atoms with Gasteiger partial charge in [0, 0.05) is 35.0 Å². The maximum atomic E-state index is 13.3. The van der Waals surface area contributed by atoms with E-state index in [1.165, 1.54) is 12.1 Å². The van der Waals surface area contributed by atoms with Crippen molar-refractivity contribution in [3.63, 3.8) is 0 Å². The van der Waals surface area contributed by atoms with Gasteiger partial charge in [-0.1, -0.05) is 17.7 Å². The van der Waals surface area contributed by atoms with Crippen molar-refractivity contribution in [3.05, 3.63) is 56.7 Å². The molecule has 1 aromatic carbocycles. The molecule has 1 N–H and O–H groups in total. The number of hydrogen-bond donors (Lipinski definition) is 1. The summed E-state index contributed by atoms with van der Waals surface area (Å²) in [6.45, 7) is 0.982. The zero-order valence-electron chi connectivity index (χ0n) is 8.84. The molecule has 5 heteroatoms. The van der Waals surface area contributed by atoms with Crippen molar-refractivity contribution in [2.75, 3.05) is 0 Å². The summed E-state index contributed by atoms with van der Waals surface area (Å²) in [6.07, 6.45) is 0. The lowest BCUT2D eigenvalue weighted by atomic mass is 10.2. The molecular formula is C12H10ClF2NS. The average molecular weight is 274 g/mol. The van der Waals surface area contributed by atoms with E-state index in [-0.39, 0.29) is 0 Å². The van der Waals surface area contributed by atoms with Crippen molar-refractivity contribution < 1.29 is 8.78 Å². The largest absolute Gasteiger partial charge is 0.308 e. The van der Waals surface area contributed by atoms with E-state index in [1.807, 2.05) is 11.4 Å². The number of rotatable bonds is 4. The normalized spacial score (nSPS) is 10.8. The number of benzene rings is 1. The van der Waals surface area contributed by atoms with E-state index in [9.17, 15) is 8.78 Å². The van der Waals surface area contributed by atoms with E-state index in [4.69, 9.17) is 11.6 Å². The molecule has 0 aliphatic heterocycles. The fourth-order valence-corrected chi connectivity index (χ4v) is 2.47. The van der Waals surface area contributed by atoms with Crippen molar-refractivity contribution in [2.24, 2.45) is 0 Å². The van der Waals surface area contributed by atoms with Gasteiger partial charge in [0.1, 0.15) is 11.6 Å². The summed E-state index contributed by atoms with van der Waals surface area (Å²) in [7, 11) is 0. The van der Waals surface area contributed by atoms with E-state index in [0.717, 1.165) is 10.9 Å². The second kappa shape index (κ2) is 5.58. The van der Waals surface area contributed by atoms with Crippen molar-refractivity contribution in [2.45, 2.75) is 13.1 Å². The van der Waals surface area contributed by atoms with E-state index in [1.54, 1.807) is 11.3 Å².